The van der Waals surface area contributed by atoms with Gasteiger partial charge in [0.1, 0.15) is 5.54 Å². The lowest BCUT2D eigenvalue weighted by atomic mass is 9.82. The lowest BCUT2D eigenvalue weighted by molar-refractivity contribution is -0.865. The third kappa shape index (κ3) is 2.22. The molecule has 1 heterocycles. The fraction of sp³-hybridized carbons (Fsp3) is 0.417. The first-order valence-electron chi connectivity index (χ1n) is 5.67. The third-order valence-electron chi connectivity index (χ3n) is 3.47. The number of likely N-dealkylation sites (N-methyl/N-ethyl adjacent to an activating group) is 1. The van der Waals surface area contributed by atoms with Crippen molar-refractivity contribution in [3.8, 4) is 0 Å². The van der Waals surface area contributed by atoms with E-state index in [1.807, 2.05) is 0 Å². The molecule has 18 heavy (non-hydrogen) atoms. The van der Waals surface area contributed by atoms with Crippen LogP contribution in [0.1, 0.15) is 18.4 Å². The number of likely N-dealkylation sites (tertiary alicyclic amines) is 1. The third-order valence-corrected chi connectivity index (χ3v) is 3.70. The summed E-state index contributed by atoms with van der Waals surface area (Å²) in [6, 6.07) is 6.73. The summed E-state index contributed by atoms with van der Waals surface area (Å²) in [4.78, 5) is 12.9. The van der Waals surface area contributed by atoms with E-state index in [1.165, 1.54) is 4.90 Å². The number of quaternary nitrogens is 1. The highest BCUT2D eigenvalue weighted by Crippen LogP contribution is 2.30. The summed E-state index contributed by atoms with van der Waals surface area (Å²) in [5.41, 5.74) is -0.567. The summed E-state index contributed by atoms with van der Waals surface area (Å²) in [5, 5.41) is 22.4. The molecule has 5 nitrogen and oxygen atoms in total. The number of hydrogen-bond acceptors (Lipinski definition) is 3. The molecule has 2 rings (SSSR count). The second-order valence-corrected chi connectivity index (χ2v) is 5.07. The van der Waals surface area contributed by atoms with Crippen molar-refractivity contribution in [2.75, 3.05) is 13.6 Å². The van der Waals surface area contributed by atoms with Gasteiger partial charge < -0.3 is 20.5 Å². The Hall–Kier alpha value is -1.14. The topological polar surface area (TPSA) is 70.9 Å². The van der Waals surface area contributed by atoms with Crippen molar-refractivity contribution in [3.63, 3.8) is 0 Å². The molecule has 0 saturated carbocycles. The molecule has 1 unspecified atom stereocenters. The van der Waals surface area contributed by atoms with Crippen molar-refractivity contribution in [2.24, 2.45) is 0 Å². The van der Waals surface area contributed by atoms with E-state index in [9.17, 15) is 15.2 Å². The van der Waals surface area contributed by atoms with Gasteiger partial charge in [-0.3, -0.25) is 4.79 Å². The normalized spacial score (nSPS) is 24.7. The van der Waals surface area contributed by atoms with Crippen LogP contribution < -0.4 is 5.23 Å². The number of nitrogens with one attached hydrogen (secondary N) is 1. The zero-order valence-corrected chi connectivity index (χ0v) is 10.7. The first-order chi connectivity index (χ1) is 8.45. The van der Waals surface area contributed by atoms with Crippen LogP contribution in [0.3, 0.4) is 0 Å². The molecule has 0 aromatic heterocycles. The van der Waals surface area contributed by atoms with Crippen LogP contribution in [0.25, 0.3) is 0 Å². The van der Waals surface area contributed by atoms with Crippen molar-refractivity contribution in [3.05, 3.63) is 45.3 Å². The highest BCUT2D eigenvalue weighted by molar-refractivity contribution is 6.30. The van der Waals surface area contributed by atoms with Gasteiger partial charge in [0.15, 0.2) is 0 Å². The summed E-state index contributed by atoms with van der Waals surface area (Å²) in [6.07, 6.45) is 0.454. The molecule has 1 aliphatic heterocycles. The molecule has 1 amide bonds. The van der Waals surface area contributed by atoms with Crippen molar-refractivity contribution in [1.29, 1.82) is 0 Å². The fourth-order valence-corrected chi connectivity index (χ4v) is 2.58. The average molecular weight is 270 g/mol. The maximum absolute atomic E-state index is 11.5. The Kier molecular flexibility index (Phi) is 3.59. The number of nitrogens with zero attached hydrogens (tertiary/aromatic N) is 1. The second-order valence-electron chi connectivity index (χ2n) is 4.63. The highest BCUT2D eigenvalue weighted by Gasteiger charge is 2.42. The molecule has 0 spiro atoms. The maximum Gasteiger partial charge on any atom is 0.222 e. The van der Waals surface area contributed by atoms with Crippen molar-refractivity contribution < 1.29 is 10.0 Å². The Balaban J connectivity index is 2.42. The van der Waals surface area contributed by atoms with Crippen LogP contribution in [0, 0.1) is 10.4 Å². The zero-order valence-electron chi connectivity index (χ0n) is 9.98. The Labute approximate surface area is 110 Å². The second kappa shape index (κ2) is 4.85. The summed E-state index contributed by atoms with van der Waals surface area (Å²) >= 11 is 5.90. The van der Waals surface area contributed by atoms with Gasteiger partial charge in [-0.25, -0.2) is 0 Å². The van der Waals surface area contributed by atoms with E-state index in [0.29, 0.717) is 10.6 Å². The molecule has 1 aromatic carbocycles. The first-order valence-corrected chi connectivity index (χ1v) is 6.05. The SMILES string of the molecule is CN1CC(c2cccc(Cl)c2)([NH+]([O-])[O-])CCC1=O. The minimum atomic E-state index is -1.16. The molecule has 0 bridgehead atoms. The minimum absolute atomic E-state index is 0.0473. The summed E-state index contributed by atoms with van der Waals surface area (Å²) in [7, 11) is 1.60. The summed E-state index contributed by atoms with van der Waals surface area (Å²) < 4.78 is 0. The summed E-state index contributed by atoms with van der Waals surface area (Å²) in [6.45, 7) is 0.120. The molecule has 1 fully saturated rings. The number of rotatable bonds is 2. The smallest absolute Gasteiger partial charge is 0.222 e. The number of halogens is 1. The Morgan fingerprint density at radius 3 is 2.72 bits per heavy atom. The number of hydroxylamine groups is 2. The minimum Gasteiger partial charge on any atom is -0.632 e. The standard InChI is InChI=1S/C12H14ClN2O3/c1-14-8-12(15(17)18,6-5-11(14)16)9-3-2-4-10(13)7-9/h2-4,7,15H,5-6,8H2,1H3/q-1. The van der Waals surface area contributed by atoms with Gasteiger partial charge in [0.05, 0.1) is 6.54 Å². The average Bonchev–Trinajstić information content (AvgIpc) is 2.32. The zero-order chi connectivity index (χ0) is 13.3. The first kappa shape index (κ1) is 13.3. The molecular weight excluding hydrogens is 256 g/mol. The molecule has 0 aliphatic carbocycles. The lowest BCUT2D eigenvalue weighted by Gasteiger charge is -2.50. The van der Waals surface area contributed by atoms with E-state index in [0.717, 1.165) is 0 Å². The van der Waals surface area contributed by atoms with Crippen molar-refractivity contribution in [2.45, 2.75) is 18.4 Å². The largest absolute Gasteiger partial charge is 0.632 e. The number of hydrogen-bond donors (Lipinski definition) is 1. The number of piperidine rings is 1. The number of benzene rings is 1. The number of amides is 1. The molecule has 1 atom stereocenters. The van der Waals surface area contributed by atoms with Gasteiger partial charge in [-0.1, -0.05) is 23.7 Å². The van der Waals surface area contributed by atoms with Crippen LogP contribution in [0.2, 0.25) is 5.02 Å². The molecular formula is C12H14ClN2O3-. The Bertz CT molecular complexity index is 466. The van der Waals surface area contributed by atoms with E-state index >= 15 is 0 Å². The molecule has 1 N–H and O–H groups in total. The molecule has 1 saturated heterocycles. The fourth-order valence-electron chi connectivity index (χ4n) is 2.39. The van der Waals surface area contributed by atoms with Gasteiger partial charge in [0.25, 0.3) is 0 Å². The van der Waals surface area contributed by atoms with E-state index in [1.54, 1.807) is 31.3 Å². The predicted molar refractivity (Wildman–Crippen MR) is 67.7 cm³/mol. The maximum atomic E-state index is 11.5. The highest BCUT2D eigenvalue weighted by atomic mass is 35.5. The molecule has 6 heteroatoms. The van der Waals surface area contributed by atoms with Gasteiger partial charge in [0.2, 0.25) is 5.91 Å². The van der Waals surface area contributed by atoms with Crippen molar-refractivity contribution >= 4 is 17.5 Å². The number of carbonyl (C=O) groups is 1. The Morgan fingerprint density at radius 2 is 2.17 bits per heavy atom. The van der Waals surface area contributed by atoms with Gasteiger partial charge >= 0.3 is 0 Å². The van der Waals surface area contributed by atoms with E-state index < -0.39 is 10.8 Å². The van der Waals surface area contributed by atoms with E-state index in [4.69, 9.17) is 11.6 Å². The van der Waals surface area contributed by atoms with Crippen LogP contribution >= 0.6 is 11.6 Å². The number of carbonyl (C=O) groups excluding carboxylic acids is 1. The molecule has 1 aliphatic rings. The lowest BCUT2D eigenvalue weighted by Crippen LogP contribution is -3.11. The molecule has 0 radical (unpaired) electrons. The van der Waals surface area contributed by atoms with Crippen LogP contribution in [-0.2, 0) is 10.3 Å². The molecule has 98 valence electrons. The Morgan fingerprint density at radius 1 is 1.44 bits per heavy atom. The van der Waals surface area contributed by atoms with Crippen LogP contribution in [0.15, 0.2) is 24.3 Å². The van der Waals surface area contributed by atoms with Crippen LogP contribution in [0.5, 0.6) is 0 Å². The summed E-state index contributed by atoms with van der Waals surface area (Å²) in [5.74, 6) is -0.0473. The monoisotopic (exact) mass is 269 g/mol. The van der Waals surface area contributed by atoms with Crippen LogP contribution in [-0.4, -0.2) is 24.4 Å². The van der Waals surface area contributed by atoms with Gasteiger partial charge in [-0.2, -0.15) is 0 Å². The van der Waals surface area contributed by atoms with Gasteiger partial charge in [0, 0.05) is 30.5 Å². The van der Waals surface area contributed by atoms with Crippen LogP contribution in [0.4, 0.5) is 0 Å². The van der Waals surface area contributed by atoms with E-state index in [-0.39, 0.29) is 25.3 Å². The van der Waals surface area contributed by atoms with E-state index in [2.05, 4.69) is 0 Å². The van der Waals surface area contributed by atoms with Gasteiger partial charge in [-0.15, -0.1) is 0 Å². The quantitative estimate of drug-likeness (QED) is 0.802. The van der Waals surface area contributed by atoms with Gasteiger partial charge in [-0.05, 0) is 12.1 Å². The predicted octanol–water partition coefficient (Wildman–Crippen LogP) is 0.668. The molecule has 1 aromatic rings. The van der Waals surface area contributed by atoms with Crippen molar-refractivity contribution in [1.82, 2.24) is 4.90 Å².